The normalized spacial score (nSPS) is 10.7. The molecule has 0 aliphatic heterocycles. The Morgan fingerprint density at radius 1 is 1.29 bits per heavy atom. The van der Waals surface area contributed by atoms with Crippen molar-refractivity contribution in [3.05, 3.63) is 56.5 Å². The molecule has 0 unspecified atom stereocenters. The fourth-order valence-electron chi connectivity index (χ4n) is 2.13. The topological polar surface area (TPSA) is 81.3 Å². The number of benzene rings is 1. The van der Waals surface area contributed by atoms with Crippen LogP contribution in [-0.4, -0.2) is 23.3 Å². The molecule has 0 amide bonds. The van der Waals surface area contributed by atoms with Crippen LogP contribution in [0.1, 0.15) is 35.5 Å². The number of nitrogens with zero attached hydrogens (tertiary/aromatic N) is 1. The van der Waals surface area contributed by atoms with E-state index in [2.05, 4.69) is 14.9 Å². The van der Waals surface area contributed by atoms with Crippen LogP contribution in [0.2, 0.25) is 5.02 Å². The van der Waals surface area contributed by atoms with Crippen LogP contribution < -0.4 is 10.3 Å². The van der Waals surface area contributed by atoms with Crippen LogP contribution in [0.3, 0.4) is 0 Å². The number of carbonyl (C=O) groups is 1. The van der Waals surface area contributed by atoms with Gasteiger partial charge in [0.1, 0.15) is 12.3 Å². The third kappa shape index (κ3) is 4.35. The smallest absolute Gasteiger partial charge is 0.337 e. The number of H-pyrrole nitrogens is 1. The molecule has 0 radical (unpaired) electrons. The van der Waals surface area contributed by atoms with E-state index in [1.165, 1.54) is 7.11 Å². The number of hydrogen-bond acceptors (Lipinski definition) is 5. The predicted molar refractivity (Wildman–Crippen MR) is 90.5 cm³/mol. The first-order chi connectivity index (χ1) is 11.4. The molecule has 2 rings (SSSR count). The third-order valence-electron chi connectivity index (χ3n) is 3.31. The highest BCUT2D eigenvalue weighted by Crippen LogP contribution is 2.26. The summed E-state index contributed by atoms with van der Waals surface area (Å²) in [6.45, 7) is 4.28. The highest BCUT2D eigenvalue weighted by atomic mass is 35.5. The Labute approximate surface area is 144 Å². The maximum absolute atomic E-state index is 11.7. The van der Waals surface area contributed by atoms with E-state index in [0.29, 0.717) is 29.3 Å². The van der Waals surface area contributed by atoms with Gasteiger partial charge in [0.15, 0.2) is 10.8 Å². The number of halogens is 1. The summed E-state index contributed by atoms with van der Waals surface area (Å²) in [6.07, 6.45) is 0.632. The van der Waals surface area contributed by atoms with Crippen molar-refractivity contribution in [2.75, 3.05) is 7.11 Å². The molecule has 1 N–H and O–H groups in total. The molecule has 0 saturated heterocycles. The molecule has 128 valence electrons. The lowest BCUT2D eigenvalue weighted by Gasteiger charge is -2.13. The molecule has 24 heavy (non-hydrogen) atoms. The maximum atomic E-state index is 11.7. The Kier molecular flexibility index (Phi) is 5.98. The fraction of sp³-hybridized carbons (Fsp3) is 0.353. The van der Waals surface area contributed by atoms with E-state index in [-0.39, 0.29) is 11.6 Å². The first-order valence-corrected chi connectivity index (χ1v) is 7.87. The molecule has 0 bridgehead atoms. The van der Waals surface area contributed by atoms with Crippen molar-refractivity contribution in [1.29, 1.82) is 0 Å². The van der Waals surface area contributed by atoms with E-state index in [1.54, 1.807) is 24.3 Å². The van der Waals surface area contributed by atoms with Gasteiger partial charge in [0, 0.05) is 0 Å². The summed E-state index contributed by atoms with van der Waals surface area (Å²) in [5.74, 6) is 0.232. The van der Waals surface area contributed by atoms with Crippen LogP contribution in [0.25, 0.3) is 0 Å². The zero-order valence-electron chi connectivity index (χ0n) is 13.8. The molecule has 0 atom stereocenters. The Balaban J connectivity index is 2.18. The fourth-order valence-corrected chi connectivity index (χ4v) is 2.34. The molecular weight excluding hydrogens is 332 g/mol. The largest absolute Gasteiger partial charge is 0.485 e. The maximum Gasteiger partial charge on any atom is 0.337 e. The summed E-state index contributed by atoms with van der Waals surface area (Å²) < 4.78 is 10.4. The van der Waals surface area contributed by atoms with Gasteiger partial charge in [-0.05, 0) is 30.0 Å². The summed E-state index contributed by atoms with van der Waals surface area (Å²) in [5.41, 5.74) is 1.41. The van der Waals surface area contributed by atoms with Crippen molar-refractivity contribution in [1.82, 2.24) is 10.2 Å². The molecule has 1 aromatic carbocycles. The predicted octanol–water partition coefficient (Wildman–Crippen LogP) is 2.99. The number of aromatic amines is 1. The molecular formula is C17H19ClN2O4. The molecule has 2 aromatic rings. The number of nitrogens with one attached hydrogen (secondary N) is 1. The van der Waals surface area contributed by atoms with Crippen LogP contribution in [0, 0.1) is 5.92 Å². The Morgan fingerprint density at radius 3 is 2.54 bits per heavy atom. The van der Waals surface area contributed by atoms with E-state index >= 15 is 0 Å². The second-order valence-corrected chi connectivity index (χ2v) is 6.10. The Morgan fingerprint density at radius 2 is 1.96 bits per heavy atom. The molecule has 0 saturated carbocycles. The van der Waals surface area contributed by atoms with Gasteiger partial charge in [-0.2, -0.15) is 5.10 Å². The van der Waals surface area contributed by atoms with Gasteiger partial charge in [-0.3, -0.25) is 4.79 Å². The van der Waals surface area contributed by atoms with Crippen molar-refractivity contribution in [2.45, 2.75) is 26.9 Å². The number of hydrogen-bond donors (Lipinski definition) is 1. The van der Waals surface area contributed by atoms with Gasteiger partial charge in [-0.1, -0.05) is 37.6 Å². The van der Waals surface area contributed by atoms with Crippen molar-refractivity contribution in [3.63, 3.8) is 0 Å². The van der Waals surface area contributed by atoms with Crippen LogP contribution in [0.4, 0.5) is 0 Å². The molecule has 1 aromatic heterocycles. The first kappa shape index (κ1) is 18.0. The number of aromatic nitrogens is 2. The summed E-state index contributed by atoms with van der Waals surface area (Å²) in [6, 6.07) is 6.81. The lowest BCUT2D eigenvalue weighted by atomic mass is 10.1. The minimum absolute atomic E-state index is 0.00756. The van der Waals surface area contributed by atoms with Crippen LogP contribution in [-0.2, 0) is 17.8 Å². The zero-order valence-corrected chi connectivity index (χ0v) is 14.5. The standard InChI is InChI=1S/C17H19ClN2O4/c1-10(2)8-13-15(14(18)16(21)20-19-13)24-9-11-4-6-12(7-5-11)17(22)23-3/h4-7,10H,8-9H2,1-3H3,(H,20,21). The van der Waals surface area contributed by atoms with Crippen molar-refractivity contribution in [2.24, 2.45) is 5.92 Å². The lowest BCUT2D eigenvalue weighted by molar-refractivity contribution is 0.0600. The van der Waals surface area contributed by atoms with E-state index < -0.39 is 11.5 Å². The summed E-state index contributed by atoms with van der Waals surface area (Å²) in [7, 11) is 1.33. The van der Waals surface area contributed by atoms with E-state index in [4.69, 9.17) is 16.3 Å². The minimum Gasteiger partial charge on any atom is -0.485 e. The van der Waals surface area contributed by atoms with Crippen LogP contribution >= 0.6 is 11.6 Å². The monoisotopic (exact) mass is 350 g/mol. The van der Waals surface area contributed by atoms with Gasteiger partial charge in [0.25, 0.3) is 5.56 Å². The van der Waals surface area contributed by atoms with Crippen LogP contribution in [0.5, 0.6) is 5.75 Å². The van der Waals surface area contributed by atoms with Gasteiger partial charge < -0.3 is 9.47 Å². The number of rotatable bonds is 6. The average molecular weight is 351 g/mol. The molecule has 7 heteroatoms. The molecule has 0 aliphatic rings. The van der Waals surface area contributed by atoms with Gasteiger partial charge in [-0.25, -0.2) is 9.89 Å². The first-order valence-electron chi connectivity index (χ1n) is 7.49. The Bertz CT molecular complexity index is 769. The van der Waals surface area contributed by atoms with Crippen LogP contribution in [0.15, 0.2) is 29.1 Å². The number of ether oxygens (including phenoxy) is 2. The van der Waals surface area contributed by atoms with Gasteiger partial charge in [0.05, 0.1) is 12.7 Å². The van der Waals surface area contributed by atoms with Crippen molar-refractivity contribution < 1.29 is 14.3 Å². The number of esters is 1. The summed E-state index contributed by atoms with van der Waals surface area (Å²) in [4.78, 5) is 23.1. The summed E-state index contributed by atoms with van der Waals surface area (Å²) >= 11 is 6.06. The van der Waals surface area contributed by atoms with E-state index in [9.17, 15) is 9.59 Å². The average Bonchev–Trinajstić information content (AvgIpc) is 2.57. The second-order valence-electron chi connectivity index (χ2n) is 5.72. The van der Waals surface area contributed by atoms with Gasteiger partial charge in [-0.15, -0.1) is 0 Å². The van der Waals surface area contributed by atoms with Crippen molar-refractivity contribution >= 4 is 17.6 Å². The molecule has 6 nitrogen and oxygen atoms in total. The quantitative estimate of drug-likeness (QED) is 0.810. The molecule has 0 aliphatic carbocycles. The van der Waals surface area contributed by atoms with Crippen molar-refractivity contribution in [3.8, 4) is 5.75 Å². The zero-order chi connectivity index (χ0) is 17.7. The van der Waals surface area contributed by atoms with E-state index in [1.807, 2.05) is 13.8 Å². The second kappa shape index (κ2) is 7.97. The minimum atomic E-state index is -0.486. The SMILES string of the molecule is COC(=O)c1ccc(COc2c(CC(C)C)n[nH]c(=O)c2Cl)cc1. The molecule has 0 fully saturated rings. The highest BCUT2D eigenvalue weighted by molar-refractivity contribution is 6.31. The molecule has 1 heterocycles. The third-order valence-corrected chi connectivity index (χ3v) is 3.66. The van der Waals surface area contributed by atoms with Gasteiger partial charge in [0.2, 0.25) is 0 Å². The molecule has 0 spiro atoms. The lowest BCUT2D eigenvalue weighted by Crippen LogP contribution is -2.15. The Hall–Kier alpha value is -2.34. The van der Waals surface area contributed by atoms with Gasteiger partial charge >= 0.3 is 5.97 Å². The summed E-state index contributed by atoms with van der Waals surface area (Å²) in [5, 5.41) is 6.39. The number of methoxy groups -OCH3 is 1. The highest BCUT2D eigenvalue weighted by Gasteiger charge is 2.15. The van der Waals surface area contributed by atoms with E-state index in [0.717, 1.165) is 5.56 Å². The number of carbonyl (C=O) groups excluding carboxylic acids is 1.